The van der Waals surface area contributed by atoms with E-state index in [1.54, 1.807) is 0 Å². The molecule has 1 rings (SSSR count). The van der Waals surface area contributed by atoms with E-state index in [-0.39, 0.29) is 22.8 Å². The summed E-state index contributed by atoms with van der Waals surface area (Å²) >= 11 is -2.95. The first kappa shape index (κ1) is 32.3. The predicted molar refractivity (Wildman–Crippen MR) is 152 cm³/mol. The Kier molecular flexibility index (Phi) is 14.9. The molecule has 2 atom stereocenters. The fourth-order valence-corrected chi connectivity index (χ4v) is 24.7. The molecule has 0 bridgehead atoms. The van der Waals surface area contributed by atoms with Crippen LogP contribution in [0.25, 0.3) is 0 Å². The summed E-state index contributed by atoms with van der Waals surface area (Å²) in [6, 6.07) is 9.72. The van der Waals surface area contributed by atoms with E-state index in [0.717, 1.165) is 12.0 Å². The van der Waals surface area contributed by atoms with Crippen LogP contribution in [0.5, 0.6) is 0 Å². The van der Waals surface area contributed by atoms with Crippen molar-refractivity contribution >= 4 is 24.5 Å². The molecular weight excluding hydrogens is 541 g/mol. The number of ether oxygens (including phenoxy) is 1. The zero-order valence-electron chi connectivity index (χ0n) is 24.1. The van der Waals surface area contributed by atoms with Crippen molar-refractivity contribution < 1.29 is 14.6 Å². The number of unbranched alkanes of at least 4 members (excludes halogenated alkanes) is 3. The maximum atomic E-state index is 14.0. The molecule has 0 saturated carbocycles. The van der Waals surface area contributed by atoms with Gasteiger partial charge in [-0.15, -0.1) is 0 Å². The third-order valence-electron chi connectivity index (χ3n) is 7.12. The monoisotopic (exact) mass is 597 g/mol. The van der Waals surface area contributed by atoms with Gasteiger partial charge in [-0.1, -0.05) is 0 Å². The standard InChI is InChI=1S/C18H28NO3.3C4H9.Sn/c1-14(2)11-12-19(17(21)22-18(3,4)5)16(13-20)15-9-7-6-8-10-15;3*1-3-4-2;/h6-10,12,14,16,20H,11,13H2,1-5H3;3*1,3-4H2,2H3;/t16-;;;;/m0..../s1. The molecule has 0 saturated heterocycles. The number of carbonyl (C=O) groups is 1. The molecule has 202 valence electrons. The van der Waals surface area contributed by atoms with Crippen LogP contribution < -0.4 is 0 Å². The fraction of sp³-hybridized carbons (Fsp3) is 0.767. The van der Waals surface area contributed by atoms with E-state index < -0.39 is 24.0 Å². The van der Waals surface area contributed by atoms with Crippen molar-refractivity contribution in [2.45, 2.75) is 129 Å². The van der Waals surface area contributed by atoms with Crippen LogP contribution in [-0.2, 0) is 4.74 Å². The summed E-state index contributed by atoms with van der Waals surface area (Å²) in [5, 5.41) is 10.7. The number of amides is 1. The summed E-state index contributed by atoms with van der Waals surface area (Å²) in [4.78, 5) is 16.1. The van der Waals surface area contributed by atoms with Crippen LogP contribution >= 0.6 is 0 Å². The van der Waals surface area contributed by atoms with Crippen LogP contribution in [0.15, 0.2) is 30.3 Å². The molecule has 0 radical (unpaired) electrons. The number of aliphatic hydroxyl groups is 1. The van der Waals surface area contributed by atoms with Crippen molar-refractivity contribution in [3.05, 3.63) is 35.9 Å². The first-order chi connectivity index (χ1) is 16.5. The summed E-state index contributed by atoms with van der Waals surface area (Å²) in [6.07, 6.45) is 8.06. The summed E-state index contributed by atoms with van der Waals surface area (Å²) in [6.45, 7) is 17.2. The molecule has 1 aromatic rings. The molecule has 0 aromatic heterocycles. The van der Waals surface area contributed by atoms with Crippen LogP contribution in [0.4, 0.5) is 4.79 Å². The fourth-order valence-electron chi connectivity index (χ4n) is 5.38. The number of nitrogens with zero attached hydrogens (tertiary/aromatic N) is 1. The topological polar surface area (TPSA) is 49.8 Å². The van der Waals surface area contributed by atoms with Gasteiger partial charge in [-0.05, 0) is 0 Å². The van der Waals surface area contributed by atoms with Gasteiger partial charge in [0, 0.05) is 0 Å². The molecule has 0 heterocycles. The van der Waals surface area contributed by atoms with E-state index in [4.69, 9.17) is 4.74 Å². The first-order valence-electron chi connectivity index (χ1n) is 14.2. The van der Waals surface area contributed by atoms with Crippen molar-refractivity contribution in [3.8, 4) is 0 Å². The molecule has 1 amide bonds. The van der Waals surface area contributed by atoms with E-state index in [2.05, 4.69) is 39.5 Å². The molecular formula is C30H55NO3Sn. The van der Waals surface area contributed by atoms with Gasteiger partial charge in [-0.2, -0.15) is 0 Å². The average molecular weight is 596 g/mol. The number of benzene rings is 1. The van der Waals surface area contributed by atoms with Crippen molar-refractivity contribution in [3.63, 3.8) is 0 Å². The second-order valence-corrected chi connectivity index (χ2v) is 25.8. The Bertz CT molecular complexity index is 680. The van der Waals surface area contributed by atoms with Crippen LogP contribution in [0.3, 0.4) is 0 Å². The number of rotatable bonds is 16. The molecule has 0 spiro atoms. The molecule has 1 aromatic carbocycles. The van der Waals surface area contributed by atoms with Gasteiger partial charge < -0.3 is 0 Å². The molecule has 5 heteroatoms. The molecule has 0 aliphatic carbocycles. The van der Waals surface area contributed by atoms with Crippen molar-refractivity contribution in [1.82, 2.24) is 4.90 Å². The second kappa shape index (κ2) is 16.2. The number of hydrogen-bond donors (Lipinski definition) is 1. The Balaban J connectivity index is 3.78. The molecule has 1 unspecified atom stereocenters. The van der Waals surface area contributed by atoms with E-state index in [1.807, 2.05) is 51.1 Å². The molecule has 0 aliphatic heterocycles. The first-order valence-corrected chi connectivity index (χ1v) is 21.9. The number of carbonyl (C=O) groups excluding carboxylic acids is 1. The Labute approximate surface area is 221 Å². The number of hydrogen-bond acceptors (Lipinski definition) is 3. The van der Waals surface area contributed by atoms with Gasteiger partial charge in [0.2, 0.25) is 0 Å². The van der Waals surface area contributed by atoms with Crippen LogP contribution in [0.1, 0.15) is 112 Å². The van der Waals surface area contributed by atoms with Crippen molar-refractivity contribution in [1.29, 1.82) is 0 Å². The van der Waals surface area contributed by atoms with E-state index in [0.29, 0.717) is 5.92 Å². The second-order valence-electron chi connectivity index (χ2n) is 11.8. The number of aliphatic hydroxyl groups excluding tert-OH is 1. The quantitative estimate of drug-likeness (QED) is 0.194. The molecule has 35 heavy (non-hydrogen) atoms. The van der Waals surface area contributed by atoms with Gasteiger partial charge in [-0.3, -0.25) is 0 Å². The van der Waals surface area contributed by atoms with Gasteiger partial charge >= 0.3 is 222 Å². The van der Waals surface area contributed by atoms with Crippen molar-refractivity contribution in [2.75, 3.05) is 6.61 Å². The Morgan fingerprint density at radius 2 is 1.43 bits per heavy atom. The van der Waals surface area contributed by atoms with Crippen LogP contribution in [0.2, 0.25) is 13.3 Å². The summed E-state index contributed by atoms with van der Waals surface area (Å²) in [5.74, 6) is 0.473. The van der Waals surface area contributed by atoms with Gasteiger partial charge in [-0.25, -0.2) is 0 Å². The molecule has 0 fully saturated rings. The van der Waals surface area contributed by atoms with Gasteiger partial charge in [0.1, 0.15) is 0 Å². The third kappa shape index (κ3) is 10.6. The van der Waals surface area contributed by atoms with Crippen LogP contribution in [0, 0.1) is 5.92 Å². The van der Waals surface area contributed by atoms with Gasteiger partial charge in [0.25, 0.3) is 0 Å². The average Bonchev–Trinajstić information content (AvgIpc) is 2.80. The van der Waals surface area contributed by atoms with E-state index in [1.165, 1.54) is 51.8 Å². The van der Waals surface area contributed by atoms with Gasteiger partial charge in [0.15, 0.2) is 0 Å². The zero-order chi connectivity index (χ0) is 26.5. The SMILES string of the molecule is CCC[CH2][Sn]([CH2]CCC)([CH2]CCC)[CH](CC(C)C)N(C(=O)OC(C)(C)C)[C@@H](CO)c1ccccc1. The van der Waals surface area contributed by atoms with Crippen LogP contribution in [-0.4, -0.2) is 50.7 Å². The summed E-state index contributed by atoms with van der Waals surface area (Å²) in [7, 11) is 0. The van der Waals surface area contributed by atoms with Gasteiger partial charge in [0.05, 0.1) is 0 Å². The Morgan fingerprint density at radius 3 is 1.80 bits per heavy atom. The minimum atomic E-state index is -2.95. The third-order valence-corrected chi connectivity index (χ3v) is 24.2. The minimum absolute atomic E-state index is 0.0882. The molecule has 4 nitrogen and oxygen atoms in total. The molecule has 0 aliphatic rings. The zero-order valence-corrected chi connectivity index (χ0v) is 27.0. The summed E-state index contributed by atoms with van der Waals surface area (Å²) < 4.78 is 10.2. The Hall–Kier alpha value is -0.751. The van der Waals surface area contributed by atoms with E-state index in [9.17, 15) is 9.90 Å². The molecule has 1 N–H and O–H groups in total. The Morgan fingerprint density at radius 1 is 0.943 bits per heavy atom. The van der Waals surface area contributed by atoms with E-state index >= 15 is 0 Å². The summed E-state index contributed by atoms with van der Waals surface area (Å²) in [5.41, 5.74) is 0.416. The normalized spacial score (nSPS) is 14.1. The predicted octanol–water partition coefficient (Wildman–Crippen LogP) is 8.76. The van der Waals surface area contributed by atoms with Crippen molar-refractivity contribution in [2.24, 2.45) is 5.92 Å². The maximum absolute atomic E-state index is 14.0.